The van der Waals surface area contributed by atoms with E-state index in [4.69, 9.17) is 12.2 Å². The first kappa shape index (κ1) is 12.2. The number of anilines is 1. The number of para-hydroxylation sites is 1. The molecule has 1 fully saturated rings. The number of hydrogen-bond donors (Lipinski definition) is 1. The summed E-state index contributed by atoms with van der Waals surface area (Å²) >= 11 is 6.61. The van der Waals surface area contributed by atoms with Gasteiger partial charge in [0.25, 0.3) is 5.91 Å². The van der Waals surface area contributed by atoms with Gasteiger partial charge in [0.05, 0.1) is 10.6 Å². The van der Waals surface area contributed by atoms with Crippen LogP contribution in [0.15, 0.2) is 53.6 Å². The van der Waals surface area contributed by atoms with E-state index < -0.39 is 0 Å². The number of nitrogens with one attached hydrogen (secondary N) is 1. The van der Waals surface area contributed by atoms with E-state index in [0.717, 1.165) is 11.4 Å². The van der Waals surface area contributed by atoms with Crippen LogP contribution in [-0.4, -0.2) is 15.2 Å². The minimum Gasteiger partial charge on any atom is -0.362 e. The summed E-state index contributed by atoms with van der Waals surface area (Å²) in [5.41, 5.74) is 1.70. The smallest absolute Gasteiger partial charge is 0.270 e. The first-order chi connectivity index (χ1) is 9.25. The molecule has 19 heavy (non-hydrogen) atoms. The van der Waals surface area contributed by atoms with E-state index in [-0.39, 0.29) is 5.91 Å². The third-order valence-corrected chi connectivity index (χ3v) is 4.02. The average Bonchev–Trinajstić information content (AvgIpc) is 3.01. The maximum Gasteiger partial charge on any atom is 0.270 e. The SMILES string of the molecule is O=C1C(=Cc2ccc[nH]2)SC(=S)N1c1ccccc1. The van der Waals surface area contributed by atoms with Crippen LogP contribution in [0.25, 0.3) is 6.08 Å². The molecule has 1 aromatic carbocycles. The minimum atomic E-state index is -0.0733. The summed E-state index contributed by atoms with van der Waals surface area (Å²) in [4.78, 5) is 17.6. The zero-order chi connectivity index (χ0) is 13.2. The Bertz CT molecular complexity index is 647. The molecule has 1 aromatic heterocycles. The number of hydrogen-bond acceptors (Lipinski definition) is 3. The summed E-state index contributed by atoms with van der Waals surface area (Å²) in [6.45, 7) is 0. The van der Waals surface area contributed by atoms with Crippen LogP contribution in [0.3, 0.4) is 0 Å². The third-order valence-electron chi connectivity index (χ3n) is 2.72. The second-order valence-corrected chi connectivity index (χ2v) is 5.65. The van der Waals surface area contributed by atoms with Crippen molar-refractivity contribution in [3.05, 3.63) is 59.3 Å². The van der Waals surface area contributed by atoms with Crippen LogP contribution in [-0.2, 0) is 4.79 Å². The number of rotatable bonds is 2. The predicted octanol–water partition coefficient (Wildman–Crippen LogP) is 3.42. The molecule has 1 aliphatic heterocycles. The highest BCUT2D eigenvalue weighted by atomic mass is 32.2. The number of benzene rings is 1. The Morgan fingerprint density at radius 2 is 1.95 bits per heavy atom. The standard InChI is InChI=1S/C14H10N2OS2/c17-13-12(9-10-5-4-8-15-10)19-14(18)16(13)11-6-2-1-3-7-11/h1-9,15H. The Morgan fingerprint density at radius 1 is 1.16 bits per heavy atom. The number of aromatic amines is 1. The van der Waals surface area contributed by atoms with Crippen molar-refractivity contribution in [1.29, 1.82) is 0 Å². The number of aromatic nitrogens is 1. The van der Waals surface area contributed by atoms with Gasteiger partial charge in [0.15, 0.2) is 4.32 Å². The van der Waals surface area contributed by atoms with E-state index in [9.17, 15) is 4.79 Å². The van der Waals surface area contributed by atoms with Crippen molar-refractivity contribution < 1.29 is 4.79 Å². The third kappa shape index (κ3) is 2.34. The van der Waals surface area contributed by atoms with Gasteiger partial charge in [-0.2, -0.15) is 0 Å². The fraction of sp³-hybridized carbons (Fsp3) is 0. The van der Waals surface area contributed by atoms with Crippen LogP contribution in [0, 0.1) is 0 Å². The van der Waals surface area contributed by atoms with E-state index in [0.29, 0.717) is 9.23 Å². The molecule has 1 N–H and O–H groups in total. The number of carbonyl (C=O) groups excluding carboxylic acids is 1. The molecular formula is C14H10N2OS2. The molecule has 1 amide bonds. The normalized spacial score (nSPS) is 17.5. The van der Waals surface area contributed by atoms with Gasteiger partial charge in [0.2, 0.25) is 0 Å². The van der Waals surface area contributed by atoms with Gasteiger partial charge in [-0.3, -0.25) is 9.69 Å². The lowest BCUT2D eigenvalue weighted by atomic mass is 10.3. The van der Waals surface area contributed by atoms with E-state index in [1.165, 1.54) is 11.8 Å². The lowest BCUT2D eigenvalue weighted by molar-refractivity contribution is -0.113. The van der Waals surface area contributed by atoms with Gasteiger partial charge in [0, 0.05) is 11.9 Å². The average molecular weight is 286 g/mol. The number of nitrogens with zero attached hydrogens (tertiary/aromatic N) is 1. The first-order valence-corrected chi connectivity index (χ1v) is 6.94. The summed E-state index contributed by atoms with van der Waals surface area (Å²) in [5.74, 6) is -0.0733. The minimum absolute atomic E-state index is 0.0733. The highest BCUT2D eigenvalue weighted by Gasteiger charge is 2.33. The van der Waals surface area contributed by atoms with Crippen molar-refractivity contribution in [2.45, 2.75) is 0 Å². The van der Waals surface area contributed by atoms with Crippen LogP contribution in [0.4, 0.5) is 5.69 Å². The van der Waals surface area contributed by atoms with Gasteiger partial charge >= 0.3 is 0 Å². The van der Waals surface area contributed by atoms with Crippen molar-refractivity contribution >= 4 is 46.0 Å². The van der Waals surface area contributed by atoms with Crippen molar-refractivity contribution in [2.24, 2.45) is 0 Å². The molecule has 0 bridgehead atoms. The summed E-state index contributed by atoms with van der Waals surface area (Å²) in [6, 6.07) is 13.3. The van der Waals surface area contributed by atoms with E-state index >= 15 is 0 Å². The van der Waals surface area contributed by atoms with Crippen LogP contribution in [0.1, 0.15) is 5.69 Å². The zero-order valence-electron chi connectivity index (χ0n) is 9.87. The van der Waals surface area contributed by atoms with Crippen LogP contribution in [0.5, 0.6) is 0 Å². The van der Waals surface area contributed by atoms with E-state index in [1.807, 2.05) is 54.7 Å². The van der Waals surface area contributed by atoms with Crippen molar-refractivity contribution in [3.8, 4) is 0 Å². The molecule has 2 aromatic rings. The van der Waals surface area contributed by atoms with Gasteiger partial charge in [-0.1, -0.05) is 42.2 Å². The largest absolute Gasteiger partial charge is 0.362 e. The van der Waals surface area contributed by atoms with Crippen LogP contribution in [0.2, 0.25) is 0 Å². The molecule has 0 atom stereocenters. The fourth-order valence-corrected chi connectivity index (χ4v) is 3.13. The number of thioether (sulfide) groups is 1. The number of H-pyrrole nitrogens is 1. The summed E-state index contributed by atoms with van der Waals surface area (Å²) in [6.07, 6.45) is 3.64. The molecular weight excluding hydrogens is 276 g/mol. The van der Waals surface area contributed by atoms with Gasteiger partial charge in [-0.05, 0) is 30.3 Å². The Morgan fingerprint density at radius 3 is 2.63 bits per heavy atom. The van der Waals surface area contributed by atoms with Crippen LogP contribution >= 0.6 is 24.0 Å². The molecule has 0 unspecified atom stereocenters. The van der Waals surface area contributed by atoms with Gasteiger partial charge in [0.1, 0.15) is 0 Å². The Kier molecular flexibility index (Phi) is 3.23. The number of carbonyl (C=O) groups is 1. The molecule has 0 radical (unpaired) electrons. The summed E-state index contributed by atoms with van der Waals surface area (Å²) < 4.78 is 0.564. The highest BCUT2D eigenvalue weighted by Crippen LogP contribution is 2.35. The van der Waals surface area contributed by atoms with Gasteiger partial charge in [-0.15, -0.1) is 0 Å². The van der Waals surface area contributed by atoms with Gasteiger partial charge < -0.3 is 4.98 Å². The maximum atomic E-state index is 12.4. The Balaban J connectivity index is 1.94. The topological polar surface area (TPSA) is 36.1 Å². The van der Waals surface area contributed by atoms with E-state index in [1.54, 1.807) is 4.90 Å². The molecule has 2 heterocycles. The van der Waals surface area contributed by atoms with Crippen LogP contribution < -0.4 is 4.90 Å². The van der Waals surface area contributed by atoms with Crippen molar-refractivity contribution in [3.63, 3.8) is 0 Å². The second-order valence-electron chi connectivity index (χ2n) is 3.98. The summed E-state index contributed by atoms with van der Waals surface area (Å²) in [7, 11) is 0. The second kappa shape index (κ2) is 5.03. The Hall–Kier alpha value is -1.85. The lowest BCUT2D eigenvalue weighted by Gasteiger charge is -2.13. The zero-order valence-corrected chi connectivity index (χ0v) is 11.5. The highest BCUT2D eigenvalue weighted by molar-refractivity contribution is 8.27. The van der Waals surface area contributed by atoms with Gasteiger partial charge in [-0.25, -0.2) is 0 Å². The quantitative estimate of drug-likeness (QED) is 0.679. The molecule has 3 rings (SSSR count). The molecule has 0 spiro atoms. The molecule has 1 aliphatic rings. The molecule has 3 nitrogen and oxygen atoms in total. The monoisotopic (exact) mass is 286 g/mol. The van der Waals surface area contributed by atoms with Crippen molar-refractivity contribution in [2.75, 3.05) is 4.90 Å². The number of amides is 1. The predicted molar refractivity (Wildman–Crippen MR) is 82.9 cm³/mol. The Labute approximate surface area is 120 Å². The molecule has 0 aliphatic carbocycles. The summed E-state index contributed by atoms with van der Waals surface area (Å²) in [5, 5.41) is 0. The molecule has 0 saturated carbocycles. The lowest BCUT2D eigenvalue weighted by Crippen LogP contribution is -2.27. The molecule has 5 heteroatoms. The molecule has 1 saturated heterocycles. The molecule has 94 valence electrons. The van der Waals surface area contributed by atoms with E-state index in [2.05, 4.69) is 4.98 Å². The number of thiocarbonyl (C=S) groups is 1. The first-order valence-electron chi connectivity index (χ1n) is 5.72. The van der Waals surface area contributed by atoms with Crippen molar-refractivity contribution in [1.82, 2.24) is 4.98 Å². The fourth-order valence-electron chi connectivity index (χ4n) is 1.84. The maximum absolute atomic E-state index is 12.4.